The van der Waals surface area contributed by atoms with Crippen molar-refractivity contribution in [1.29, 1.82) is 0 Å². The molecule has 0 saturated carbocycles. The van der Waals surface area contributed by atoms with Gasteiger partial charge in [-0.15, -0.1) is 0 Å². The van der Waals surface area contributed by atoms with Crippen LogP contribution in [-0.4, -0.2) is 18.3 Å². The minimum Gasteiger partial charge on any atom is -0.508 e. The van der Waals surface area contributed by atoms with Crippen molar-refractivity contribution in [2.75, 3.05) is 7.11 Å². The second-order valence-electron chi connectivity index (χ2n) is 5.34. The van der Waals surface area contributed by atoms with Gasteiger partial charge in [-0.1, -0.05) is 54.1 Å². The molecule has 0 bridgehead atoms. The summed E-state index contributed by atoms with van der Waals surface area (Å²) in [6.45, 7) is 0. The molecule has 122 valence electrons. The van der Waals surface area contributed by atoms with Gasteiger partial charge in [0.2, 0.25) is 0 Å². The van der Waals surface area contributed by atoms with E-state index in [0.29, 0.717) is 10.6 Å². The number of hydrogen-bond donors (Lipinski definition) is 2. The van der Waals surface area contributed by atoms with Crippen LogP contribution in [0.4, 0.5) is 4.79 Å². The lowest BCUT2D eigenvalue weighted by Gasteiger charge is -2.22. The number of phenolic OH excluding ortho intramolecular Hbond substituents is 1. The molecule has 0 radical (unpaired) electrons. The first-order chi connectivity index (χ1) is 11.6. The maximum atomic E-state index is 11.8. The van der Waals surface area contributed by atoms with Crippen LogP contribution in [0, 0.1) is 0 Å². The highest BCUT2D eigenvalue weighted by Crippen LogP contribution is 2.36. The topological polar surface area (TPSA) is 58.6 Å². The third-order valence-corrected chi connectivity index (χ3v) is 4.14. The van der Waals surface area contributed by atoms with Gasteiger partial charge in [0.25, 0.3) is 0 Å². The molecular weight excluding hydrogens is 326 g/mol. The highest BCUT2D eigenvalue weighted by molar-refractivity contribution is 6.30. The zero-order valence-corrected chi connectivity index (χ0v) is 13.7. The molecule has 1 amide bonds. The number of amides is 1. The first kappa shape index (κ1) is 16.1. The van der Waals surface area contributed by atoms with E-state index >= 15 is 0 Å². The van der Waals surface area contributed by atoms with Crippen LogP contribution in [0.1, 0.15) is 17.2 Å². The Kier molecular flexibility index (Phi) is 4.58. The number of methoxy groups -OCH3 is 1. The summed E-state index contributed by atoms with van der Waals surface area (Å²) in [5.74, 6) is 0.102. The molecule has 3 rings (SSSR count). The average molecular weight is 342 g/mol. The third-order valence-electron chi connectivity index (χ3n) is 3.89. The van der Waals surface area contributed by atoms with E-state index < -0.39 is 12.1 Å². The van der Waals surface area contributed by atoms with E-state index in [1.54, 1.807) is 18.2 Å². The number of alkyl carbamates (subject to hydrolysis) is 1. The Balaban J connectivity index is 2.20. The average Bonchev–Trinajstić information content (AvgIpc) is 2.61. The van der Waals surface area contributed by atoms with Crippen LogP contribution in [0.25, 0.3) is 10.8 Å². The van der Waals surface area contributed by atoms with Crippen molar-refractivity contribution in [2.45, 2.75) is 6.04 Å². The molecular formula is C19H16ClNO3. The van der Waals surface area contributed by atoms with Crippen molar-refractivity contribution in [1.82, 2.24) is 5.32 Å². The summed E-state index contributed by atoms with van der Waals surface area (Å²) in [5.41, 5.74) is 1.40. The first-order valence-corrected chi connectivity index (χ1v) is 7.78. The normalized spacial score (nSPS) is 11.9. The highest BCUT2D eigenvalue weighted by Gasteiger charge is 2.22. The molecule has 1 unspecified atom stereocenters. The number of nitrogens with one attached hydrogen (secondary N) is 1. The molecule has 1 atom stereocenters. The Labute approximate surface area is 144 Å². The molecule has 3 aromatic carbocycles. The Morgan fingerprint density at radius 2 is 1.79 bits per heavy atom. The van der Waals surface area contributed by atoms with Crippen LogP contribution >= 0.6 is 11.6 Å². The van der Waals surface area contributed by atoms with Gasteiger partial charge in [-0.3, -0.25) is 0 Å². The molecule has 5 heteroatoms. The zero-order valence-electron chi connectivity index (χ0n) is 13.0. The van der Waals surface area contributed by atoms with Crippen molar-refractivity contribution < 1.29 is 14.6 Å². The number of ether oxygens (including phenoxy) is 1. The SMILES string of the molecule is COC(=O)NC(c1ccc(Cl)cc1)c1c(O)ccc2ccccc12. The molecule has 2 N–H and O–H groups in total. The maximum absolute atomic E-state index is 11.8. The summed E-state index contributed by atoms with van der Waals surface area (Å²) < 4.78 is 4.74. The molecule has 0 saturated heterocycles. The van der Waals surface area contributed by atoms with Crippen LogP contribution in [0.5, 0.6) is 5.75 Å². The summed E-state index contributed by atoms with van der Waals surface area (Å²) in [7, 11) is 1.30. The predicted octanol–water partition coefficient (Wildman–Crippen LogP) is 4.64. The number of benzene rings is 3. The van der Waals surface area contributed by atoms with E-state index in [2.05, 4.69) is 5.32 Å². The van der Waals surface area contributed by atoms with Gasteiger partial charge in [0.1, 0.15) is 5.75 Å². The van der Waals surface area contributed by atoms with E-state index in [9.17, 15) is 9.90 Å². The molecule has 0 aromatic heterocycles. The van der Waals surface area contributed by atoms with E-state index in [1.165, 1.54) is 7.11 Å². The third kappa shape index (κ3) is 3.14. The van der Waals surface area contributed by atoms with E-state index in [0.717, 1.165) is 16.3 Å². The van der Waals surface area contributed by atoms with Crippen LogP contribution in [0.15, 0.2) is 60.7 Å². The molecule has 0 aliphatic rings. The molecule has 3 aromatic rings. The number of rotatable bonds is 3. The van der Waals surface area contributed by atoms with Crippen molar-refractivity contribution in [3.8, 4) is 5.75 Å². The van der Waals surface area contributed by atoms with E-state index in [4.69, 9.17) is 16.3 Å². The van der Waals surface area contributed by atoms with Gasteiger partial charge >= 0.3 is 6.09 Å². The lowest BCUT2D eigenvalue weighted by Crippen LogP contribution is -2.29. The van der Waals surface area contributed by atoms with Crippen LogP contribution < -0.4 is 5.32 Å². The van der Waals surface area contributed by atoms with Gasteiger partial charge in [0.15, 0.2) is 0 Å². The van der Waals surface area contributed by atoms with Gasteiger partial charge < -0.3 is 15.2 Å². The standard InChI is InChI=1S/C19H16ClNO3/c1-24-19(23)21-18(13-6-9-14(20)10-7-13)17-15-5-3-2-4-12(15)8-11-16(17)22/h2-11,18,22H,1H3,(H,21,23). The van der Waals surface area contributed by atoms with Gasteiger partial charge in [0.05, 0.1) is 13.2 Å². The zero-order chi connectivity index (χ0) is 17.1. The summed E-state index contributed by atoms with van der Waals surface area (Å²) in [6, 6.07) is 17.7. The highest BCUT2D eigenvalue weighted by atomic mass is 35.5. The summed E-state index contributed by atoms with van der Waals surface area (Å²) in [6.07, 6.45) is -0.581. The Morgan fingerprint density at radius 3 is 2.50 bits per heavy atom. The number of hydrogen-bond acceptors (Lipinski definition) is 3. The summed E-state index contributed by atoms with van der Waals surface area (Å²) in [5, 5.41) is 15.7. The lowest BCUT2D eigenvalue weighted by atomic mass is 9.93. The van der Waals surface area contributed by atoms with Gasteiger partial charge in [0, 0.05) is 10.6 Å². The fourth-order valence-electron chi connectivity index (χ4n) is 2.74. The fraction of sp³-hybridized carbons (Fsp3) is 0.105. The van der Waals surface area contributed by atoms with Gasteiger partial charge in [-0.05, 0) is 34.5 Å². The van der Waals surface area contributed by atoms with Crippen molar-refractivity contribution in [3.63, 3.8) is 0 Å². The molecule has 0 aliphatic carbocycles. The largest absolute Gasteiger partial charge is 0.508 e. The number of aromatic hydroxyl groups is 1. The van der Waals surface area contributed by atoms with Crippen molar-refractivity contribution >= 4 is 28.5 Å². The summed E-state index contributed by atoms with van der Waals surface area (Å²) in [4.78, 5) is 11.8. The van der Waals surface area contributed by atoms with Gasteiger partial charge in [-0.25, -0.2) is 4.79 Å². The number of phenols is 1. The minimum atomic E-state index is -0.581. The van der Waals surface area contributed by atoms with E-state index in [1.807, 2.05) is 42.5 Å². The molecule has 0 fully saturated rings. The number of carbonyl (C=O) groups is 1. The maximum Gasteiger partial charge on any atom is 0.407 e. The van der Waals surface area contributed by atoms with Crippen molar-refractivity contribution in [3.05, 3.63) is 76.8 Å². The van der Waals surface area contributed by atoms with E-state index in [-0.39, 0.29) is 5.75 Å². The number of fused-ring (bicyclic) bond motifs is 1. The lowest BCUT2D eigenvalue weighted by molar-refractivity contribution is 0.168. The Morgan fingerprint density at radius 1 is 1.08 bits per heavy atom. The predicted molar refractivity (Wildman–Crippen MR) is 94.4 cm³/mol. The first-order valence-electron chi connectivity index (χ1n) is 7.40. The fourth-order valence-corrected chi connectivity index (χ4v) is 2.87. The second-order valence-corrected chi connectivity index (χ2v) is 5.78. The Hall–Kier alpha value is -2.72. The minimum absolute atomic E-state index is 0.102. The smallest absolute Gasteiger partial charge is 0.407 e. The molecule has 0 spiro atoms. The number of carbonyl (C=O) groups excluding carboxylic acids is 1. The quantitative estimate of drug-likeness (QED) is 0.729. The van der Waals surface area contributed by atoms with Crippen LogP contribution in [0.3, 0.4) is 0 Å². The molecule has 0 heterocycles. The van der Waals surface area contributed by atoms with Crippen LogP contribution in [-0.2, 0) is 4.74 Å². The van der Waals surface area contributed by atoms with Crippen LogP contribution in [0.2, 0.25) is 5.02 Å². The second kappa shape index (κ2) is 6.81. The van der Waals surface area contributed by atoms with Gasteiger partial charge in [-0.2, -0.15) is 0 Å². The molecule has 24 heavy (non-hydrogen) atoms. The summed E-state index contributed by atoms with van der Waals surface area (Å²) >= 11 is 5.96. The monoisotopic (exact) mass is 341 g/mol. The Bertz CT molecular complexity index is 877. The molecule has 0 aliphatic heterocycles. The molecule has 4 nitrogen and oxygen atoms in total. The number of halogens is 1. The van der Waals surface area contributed by atoms with Crippen molar-refractivity contribution in [2.24, 2.45) is 0 Å².